The fourth-order valence-corrected chi connectivity index (χ4v) is 3.83. The molecule has 1 aromatic carbocycles. The van der Waals surface area contributed by atoms with Crippen molar-refractivity contribution >= 4 is 29.2 Å². The molecule has 1 aliphatic rings. The van der Waals surface area contributed by atoms with E-state index in [9.17, 15) is 9.59 Å². The summed E-state index contributed by atoms with van der Waals surface area (Å²) in [6, 6.07) is 12.8. The molecular weight excluding hydrogens is 456 g/mol. The average Bonchev–Trinajstić information content (AvgIpc) is 2.85. The minimum absolute atomic E-state index is 0.327. The third-order valence-corrected chi connectivity index (χ3v) is 5.75. The Bertz CT molecular complexity index is 1200. The van der Waals surface area contributed by atoms with Crippen LogP contribution in [0.1, 0.15) is 31.1 Å². The lowest BCUT2D eigenvalue weighted by Gasteiger charge is -2.33. The van der Waals surface area contributed by atoms with Gasteiger partial charge in [-0.25, -0.2) is 9.78 Å². The summed E-state index contributed by atoms with van der Waals surface area (Å²) in [6.07, 6.45) is 4.38. The van der Waals surface area contributed by atoms with Crippen LogP contribution in [-0.2, 0) is 4.74 Å². The second-order valence-corrected chi connectivity index (χ2v) is 9.77. The summed E-state index contributed by atoms with van der Waals surface area (Å²) in [6.45, 7) is 9.13. The van der Waals surface area contributed by atoms with Gasteiger partial charge in [-0.3, -0.25) is 15.1 Å². The van der Waals surface area contributed by atoms with Crippen LogP contribution in [0.2, 0.25) is 0 Å². The van der Waals surface area contributed by atoms with Gasteiger partial charge in [0.25, 0.3) is 5.91 Å². The van der Waals surface area contributed by atoms with Crippen molar-refractivity contribution in [1.82, 2.24) is 14.9 Å². The van der Waals surface area contributed by atoms with E-state index in [1.165, 1.54) is 0 Å². The molecule has 0 saturated carbocycles. The van der Waals surface area contributed by atoms with E-state index in [1.807, 2.05) is 30.3 Å². The number of hydrogen-bond donors (Lipinski definition) is 2. The summed E-state index contributed by atoms with van der Waals surface area (Å²) in [5.74, 6) is 0.526. The molecular formula is C27H32N6O3. The molecule has 0 atom stereocenters. The minimum Gasteiger partial charge on any atom is -0.444 e. The van der Waals surface area contributed by atoms with Crippen LogP contribution in [0.5, 0.6) is 0 Å². The fourth-order valence-electron chi connectivity index (χ4n) is 3.83. The van der Waals surface area contributed by atoms with E-state index in [1.54, 1.807) is 51.5 Å². The Kier molecular flexibility index (Phi) is 7.49. The van der Waals surface area contributed by atoms with Gasteiger partial charge in [-0.1, -0.05) is 6.07 Å². The number of nitrogens with zero attached hydrogens (tertiary/aromatic N) is 4. The molecule has 0 aliphatic carbocycles. The van der Waals surface area contributed by atoms with Crippen LogP contribution in [0.15, 0.2) is 61.1 Å². The second kappa shape index (κ2) is 10.7. The van der Waals surface area contributed by atoms with Gasteiger partial charge in [-0.2, -0.15) is 0 Å². The number of carbonyl (C=O) groups is 2. The molecule has 9 heteroatoms. The van der Waals surface area contributed by atoms with Crippen LogP contribution < -0.4 is 15.5 Å². The molecule has 0 radical (unpaired) electrons. The van der Waals surface area contributed by atoms with Gasteiger partial charge in [0.2, 0.25) is 0 Å². The molecule has 2 amide bonds. The summed E-state index contributed by atoms with van der Waals surface area (Å²) in [5, 5.41) is 5.67. The Balaban J connectivity index is 1.55. The molecule has 36 heavy (non-hydrogen) atoms. The van der Waals surface area contributed by atoms with Gasteiger partial charge in [-0.15, -0.1) is 0 Å². The number of anilines is 3. The van der Waals surface area contributed by atoms with Gasteiger partial charge < -0.3 is 19.9 Å². The van der Waals surface area contributed by atoms with E-state index >= 15 is 0 Å². The molecule has 2 N–H and O–H groups in total. The standard InChI is InChI=1S/C27H32N6O3/c1-27(2,3)36-26(35)31-22-7-5-20(19-9-11-28-12-10-19)17-23(22)30-25(34)21-6-8-24(29-18-21)33-15-13-32(4)14-16-33/h5-12,17-18H,13-16H2,1-4H3,(H,30,34)(H,31,35). The maximum atomic E-state index is 13.1. The number of piperazine rings is 1. The van der Waals surface area contributed by atoms with E-state index in [0.717, 1.165) is 43.1 Å². The zero-order valence-electron chi connectivity index (χ0n) is 21.1. The van der Waals surface area contributed by atoms with Gasteiger partial charge in [0.15, 0.2) is 0 Å². The lowest BCUT2D eigenvalue weighted by molar-refractivity contribution is 0.0635. The third-order valence-electron chi connectivity index (χ3n) is 5.75. The van der Waals surface area contributed by atoms with Crippen LogP contribution in [0, 0.1) is 0 Å². The van der Waals surface area contributed by atoms with Gasteiger partial charge in [-0.05, 0) is 75.3 Å². The lowest BCUT2D eigenvalue weighted by atomic mass is 10.1. The largest absolute Gasteiger partial charge is 0.444 e. The number of carbonyl (C=O) groups excluding carboxylic acids is 2. The average molecular weight is 489 g/mol. The van der Waals surface area contributed by atoms with E-state index in [-0.39, 0.29) is 5.91 Å². The molecule has 1 aliphatic heterocycles. The fraction of sp³-hybridized carbons (Fsp3) is 0.333. The van der Waals surface area contributed by atoms with Crippen molar-refractivity contribution in [3.05, 3.63) is 66.6 Å². The SMILES string of the molecule is CN1CCN(c2ccc(C(=O)Nc3cc(-c4ccncc4)ccc3NC(=O)OC(C)(C)C)cn2)CC1. The Labute approximate surface area is 211 Å². The number of pyridine rings is 2. The first-order valence-electron chi connectivity index (χ1n) is 11.9. The smallest absolute Gasteiger partial charge is 0.412 e. The number of nitrogens with one attached hydrogen (secondary N) is 2. The first kappa shape index (κ1) is 25.1. The summed E-state index contributed by atoms with van der Waals surface area (Å²) in [7, 11) is 2.10. The topological polar surface area (TPSA) is 99.7 Å². The highest BCUT2D eigenvalue weighted by Crippen LogP contribution is 2.30. The molecule has 3 aromatic rings. The first-order chi connectivity index (χ1) is 17.2. The van der Waals surface area contributed by atoms with Crippen molar-refractivity contribution in [2.24, 2.45) is 0 Å². The van der Waals surface area contributed by atoms with Crippen molar-refractivity contribution in [2.75, 3.05) is 48.8 Å². The normalized spacial score (nSPS) is 14.3. The van der Waals surface area contributed by atoms with Crippen LogP contribution in [0.25, 0.3) is 11.1 Å². The van der Waals surface area contributed by atoms with Crippen LogP contribution in [0.3, 0.4) is 0 Å². The summed E-state index contributed by atoms with van der Waals surface area (Å²) >= 11 is 0. The zero-order chi connectivity index (χ0) is 25.7. The van der Waals surface area contributed by atoms with Crippen molar-refractivity contribution in [1.29, 1.82) is 0 Å². The van der Waals surface area contributed by atoms with E-state index < -0.39 is 11.7 Å². The Hall–Kier alpha value is -3.98. The molecule has 4 rings (SSSR count). The predicted octanol–water partition coefficient (Wildman–Crippen LogP) is 4.49. The number of ether oxygens (including phenoxy) is 1. The zero-order valence-corrected chi connectivity index (χ0v) is 21.1. The molecule has 9 nitrogen and oxygen atoms in total. The van der Waals surface area contributed by atoms with Crippen molar-refractivity contribution in [2.45, 2.75) is 26.4 Å². The molecule has 0 bridgehead atoms. The number of rotatable bonds is 5. The number of hydrogen-bond acceptors (Lipinski definition) is 7. The molecule has 0 spiro atoms. The summed E-state index contributed by atoms with van der Waals surface area (Å²) in [5.41, 5.74) is 2.45. The highest BCUT2D eigenvalue weighted by molar-refractivity contribution is 6.07. The van der Waals surface area contributed by atoms with E-state index in [0.29, 0.717) is 16.9 Å². The highest BCUT2D eigenvalue weighted by Gasteiger charge is 2.19. The van der Waals surface area contributed by atoms with Crippen LogP contribution in [0.4, 0.5) is 22.0 Å². The monoisotopic (exact) mass is 488 g/mol. The number of likely N-dealkylation sites (N-methyl/N-ethyl adjacent to an activating group) is 1. The molecule has 1 fully saturated rings. The number of benzene rings is 1. The predicted molar refractivity (Wildman–Crippen MR) is 141 cm³/mol. The molecule has 2 aromatic heterocycles. The highest BCUT2D eigenvalue weighted by atomic mass is 16.6. The second-order valence-electron chi connectivity index (χ2n) is 9.77. The molecule has 1 saturated heterocycles. The summed E-state index contributed by atoms with van der Waals surface area (Å²) < 4.78 is 5.39. The van der Waals surface area contributed by atoms with Crippen molar-refractivity contribution in [3.8, 4) is 11.1 Å². The first-order valence-corrected chi connectivity index (χ1v) is 11.9. The van der Waals surface area contributed by atoms with Crippen LogP contribution in [-0.4, -0.2) is 65.7 Å². The maximum absolute atomic E-state index is 13.1. The summed E-state index contributed by atoms with van der Waals surface area (Å²) in [4.78, 5) is 38.6. The van der Waals surface area contributed by atoms with Gasteiger partial charge in [0.05, 0.1) is 16.9 Å². The lowest BCUT2D eigenvalue weighted by Crippen LogP contribution is -2.44. The van der Waals surface area contributed by atoms with Gasteiger partial charge in [0, 0.05) is 44.8 Å². The minimum atomic E-state index is -0.651. The quantitative estimate of drug-likeness (QED) is 0.546. The Morgan fingerprint density at radius 1 is 0.889 bits per heavy atom. The number of amides is 2. The number of aromatic nitrogens is 2. The van der Waals surface area contributed by atoms with E-state index in [4.69, 9.17) is 4.74 Å². The van der Waals surface area contributed by atoms with Gasteiger partial charge in [0.1, 0.15) is 11.4 Å². The molecule has 3 heterocycles. The Morgan fingerprint density at radius 3 is 2.25 bits per heavy atom. The molecule has 0 unspecified atom stereocenters. The third kappa shape index (κ3) is 6.57. The van der Waals surface area contributed by atoms with E-state index in [2.05, 4.69) is 37.4 Å². The molecule has 188 valence electrons. The maximum Gasteiger partial charge on any atom is 0.412 e. The van der Waals surface area contributed by atoms with Gasteiger partial charge >= 0.3 is 6.09 Å². The van der Waals surface area contributed by atoms with Crippen LogP contribution >= 0.6 is 0 Å². The van der Waals surface area contributed by atoms with Crippen molar-refractivity contribution in [3.63, 3.8) is 0 Å². The Morgan fingerprint density at radius 2 is 1.61 bits per heavy atom. The van der Waals surface area contributed by atoms with Crippen molar-refractivity contribution < 1.29 is 14.3 Å².